The molecule has 16 heavy (non-hydrogen) atoms. The van der Waals surface area contributed by atoms with E-state index in [0.717, 1.165) is 5.56 Å². The smallest absolute Gasteiger partial charge is 0.209 e. The summed E-state index contributed by atoms with van der Waals surface area (Å²) in [7, 11) is 0. The lowest BCUT2D eigenvalue weighted by atomic mass is 10.2. The van der Waals surface area contributed by atoms with Crippen LogP contribution in [-0.4, -0.2) is 20.9 Å². The first-order chi connectivity index (χ1) is 7.79. The Bertz CT molecular complexity index is 530. The van der Waals surface area contributed by atoms with E-state index in [0.29, 0.717) is 21.8 Å². The zero-order valence-corrected chi connectivity index (χ0v) is 9.85. The molecule has 0 aliphatic carbocycles. The summed E-state index contributed by atoms with van der Waals surface area (Å²) in [4.78, 5) is 4.30. The maximum atomic E-state index is 5.89. The lowest BCUT2D eigenvalue weighted by Gasteiger charge is -1.95. The third-order valence-corrected chi connectivity index (χ3v) is 2.83. The first-order valence-electron chi connectivity index (χ1n) is 4.54. The molecule has 0 spiro atoms. The molecule has 0 aliphatic heterocycles. The van der Waals surface area contributed by atoms with Gasteiger partial charge in [-0.15, -0.1) is 11.5 Å². The van der Waals surface area contributed by atoms with Crippen LogP contribution in [0.25, 0.3) is 11.4 Å². The van der Waals surface area contributed by atoms with Crippen molar-refractivity contribution in [2.45, 2.75) is 5.16 Å². The van der Waals surface area contributed by atoms with E-state index < -0.39 is 0 Å². The molecule has 1 aromatic heterocycles. The van der Waals surface area contributed by atoms with Crippen molar-refractivity contribution >= 4 is 23.4 Å². The summed E-state index contributed by atoms with van der Waals surface area (Å²) in [5.74, 6) is 3.78. The number of aromatic nitrogens is 3. The third-order valence-electron chi connectivity index (χ3n) is 1.85. The number of rotatable bonds is 3. The molecule has 1 heterocycles. The molecule has 0 bridgehead atoms. The topological polar surface area (TPSA) is 41.6 Å². The Morgan fingerprint density at radius 3 is 3.12 bits per heavy atom. The van der Waals surface area contributed by atoms with Gasteiger partial charge < -0.3 is 0 Å². The number of H-pyrrole nitrogens is 1. The van der Waals surface area contributed by atoms with Gasteiger partial charge in [0.05, 0.1) is 5.75 Å². The fraction of sp³-hybridized carbons (Fsp3) is 0.0909. The molecule has 1 N–H and O–H groups in total. The van der Waals surface area contributed by atoms with Crippen LogP contribution in [-0.2, 0) is 0 Å². The lowest BCUT2D eigenvalue weighted by Crippen LogP contribution is -1.80. The lowest BCUT2D eigenvalue weighted by molar-refractivity contribution is 0.975. The summed E-state index contributed by atoms with van der Waals surface area (Å²) in [5.41, 5.74) is 0.910. The molecule has 0 saturated heterocycles. The van der Waals surface area contributed by atoms with Crippen LogP contribution in [0.5, 0.6) is 0 Å². The largest absolute Gasteiger partial charge is 0.258 e. The van der Waals surface area contributed by atoms with Crippen molar-refractivity contribution in [2.24, 2.45) is 0 Å². The van der Waals surface area contributed by atoms with Crippen molar-refractivity contribution < 1.29 is 0 Å². The number of terminal acetylenes is 1. The summed E-state index contributed by atoms with van der Waals surface area (Å²) in [6.07, 6.45) is 5.16. The van der Waals surface area contributed by atoms with Crippen molar-refractivity contribution in [3.63, 3.8) is 0 Å². The predicted octanol–water partition coefficient (Wildman–Crippen LogP) is 2.85. The predicted molar refractivity (Wildman–Crippen MR) is 66.4 cm³/mol. The number of aromatic amines is 1. The number of thioether (sulfide) groups is 1. The number of nitrogens with one attached hydrogen (secondary N) is 1. The molecule has 0 unspecified atom stereocenters. The van der Waals surface area contributed by atoms with Crippen LogP contribution >= 0.6 is 23.4 Å². The molecule has 0 aliphatic rings. The molecule has 5 heteroatoms. The minimum absolute atomic E-state index is 0.562. The van der Waals surface area contributed by atoms with E-state index >= 15 is 0 Å². The van der Waals surface area contributed by atoms with Gasteiger partial charge in [0.2, 0.25) is 5.16 Å². The zero-order chi connectivity index (χ0) is 11.4. The van der Waals surface area contributed by atoms with Crippen molar-refractivity contribution in [2.75, 3.05) is 5.75 Å². The zero-order valence-electron chi connectivity index (χ0n) is 8.27. The van der Waals surface area contributed by atoms with E-state index in [2.05, 4.69) is 21.1 Å². The summed E-state index contributed by atoms with van der Waals surface area (Å²) in [5, 5.41) is 8.22. The molecule has 2 rings (SSSR count). The van der Waals surface area contributed by atoms with Crippen molar-refractivity contribution in [3.05, 3.63) is 29.3 Å². The molecular weight excluding hydrogens is 242 g/mol. The normalized spacial score (nSPS) is 10.0. The maximum Gasteiger partial charge on any atom is 0.209 e. The van der Waals surface area contributed by atoms with Gasteiger partial charge in [0.1, 0.15) is 0 Å². The maximum absolute atomic E-state index is 5.89. The first-order valence-corrected chi connectivity index (χ1v) is 5.90. The Balaban J connectivity index is 2.22. The third kappa shape index (κ3) is 2.57. The highest BCUT2D eigenvalue weighted by molar-refractivity contribution is 7.99. The monoisotopic (exact) mass is 249 g/mol. The van der Waals surface area contributed by atoms with E-state index in [1.54, 1.807) is 0 Å². The molecule has 0 radical (unpaired) electrons. The van der Waals surface area contributed by atoms with Crippen LogP contribution in [0.3, 0.4) is 0 Å². The summed E-state index contributed by atoms with van der Waals surface area (Å²) in [6.45, 7) is 0. The van der Waals surface area contributed by atoms with E-state index in [9.17, 15) is 0 Å². The number of halogens is 1. The second-order valence-corrected chi connectivity index (χ2v) is 4.35. The molecule has 2 aromatic rings. The fourth-order valence-corrected chi connectivity index (χ4v) is 1.85. The molecular formula is C11H8ClN3S. The highest BCUT2D eigenvalue weighted by Crippen LogP contribution is 2.21. The average molecular weight is 250 g/mol. The van der Waals surface area contributed by atoms with E-state index in [4.69, 9.17) is 18.0 Å². The Hall–Kier alpha value is -1.44. The highest BCUT2D eigenvalue weighted by atomic mass is 35.5. The van der Waals surface area contributed by atoms with Gasteiger partial charge in [-0.25, -0.2) is 4.98 Å². The number of benzene rings is 1. The molecule has 0 fully saturated rings. The molecule has 0 amide bonds. The Morgan fingerprint density at radius 2 is 2.38 bits per heavy atom. The molecule has 3 nitrogen and oxygen atoms in total. The number of nitrogens with zero attached hydrogens (tertiary/aromatic N) is 2. The van der Waals surface area contributed by atoms with Gasteiger partial charge in [-0.1, -0.05) is 41.4 Å². The molecule has 0 saturated carbocycles. The average Bonchev–Trinajstić information content (AvgIpc) is 2.75. The van der Waals surface area contributed by atoms with E-state index in [-0.39, 0.29) is 0 Å². The minimum atomic E-state index is 0.562. The van der Waals surface area contributed by atoms with Crippen LogP contribution in [0, 0.1) is 12.3 Å². The van der Waals surface area contributed by atoms with Gasteiger partial charge in [-0.05, 0) is 12.1 Å². The SMILES string of the molecule is C#CCSc1n[nH]c(-c2cccc(Cl)c2)n1. The van der Waals surface area contributed by atoms with Crippen LogP contribution in [0.2, 0.25) is 5.02 Å². The van der Waals surface area contributed by atoms with E-state index in [1.807, 2.05) is 24.3 Å². The number of hydrogen-bond acceptors (Lipinski definition) is 3. The van der Waals surface area contributed by atoms with Gasteiger partial charge in [-0.3, -0.25) is 5.10 Å². The highest BCUT2D eigenvalue weighted by Gasteiger charge is 2.05. The Morgan fingerprint density at radius 1 is 1.50 bits per heavy atom. The molecule has 0 atom stereocenters. The van der Waals surface area contributed by atoms with Gasteiger partial charge in [0, 0.05) is 10.6 Å². The quantitative estimate of drug-likeness (QED) is 0.672. The van der Waals surface area contributed by atoms with Crippen LogP contribution in [0.1, 0.15) is 0 Å². The van der Waals surface area contributed by atoms with Gasteiger partial charge in [0.25, 0.3) is 0 Å². The van der Waals surface area contributed by atoms with Gasteiger partial charge in [0.15, 0.2) is 5.82 Å². The molecule has 1 aromatic carbocycles. The van der Waals surface area contributed by atoms with Gasteiger partial charge in [-0.2, -0.15) is 0 Å². The first kappa shape index (κ1) is 11.1. The van der Waals surface area contributed by atoms with Crippen LogP contribution < -0.4 is 0 Å². The second kappa shape index (κ2) is 5.06. The van der Waals surface area contributed by atoms with Crippen LogP contribution in [0.15, 0.2) is 29.4 Å². The minimum Gasteiger partial charge on any atom is -0.258 e. The number of hydrogen-bond donors (Lipinski definition) is 1. The summed E-state index contributed by atoms with van der Waals surface area (Å²) < 4.78 is 0. The van der Waals surface area contributed by atoms with Crippen LogP contribution in [0.4, 0.5) is 0 Å². The standard InChI is InChI=1S/C11H8ClN3S/c1-2-6-16-11-13-10(14-15-11)8-4-3-5-9(12)7-8/h1,3-5,7H,6H2,(H,13,14,15). The van der Waals surface area contributed by atoms with Gasteiger partial charge >= 0.3 is 0 Å². The fourth-order valence-electron chi connectivity index (χ4n) is 1.18. The Kier molecular flexibility index (Phi) is 3.50. The Labute approximate surface area is 103 Å². The van der Waals surface area contributed by atoms with E-state index in [1.165, 1.54) is 11.8 Å². The molecule has 80 valence electrons. The van der Waals surface area contributed by atoms with Crippen molar-refractivity contribution in [3.8, 4) is 23.7 Å². The summed E-state index contributed by atoms with van der Waals surface area (Å²) >= 11 is 7.31. The van der Waals surface area contributed by atoms with Crippen molar-refractivity contribution in [1.82, 2.24) is 15.2 Å². The second-order valence-electron chi connectivity index (χ2n) is 2.97. The summed E-state index contributed by atoms with van der Waals surface area (Å²) in [6, 6.07) is 7.43. The van der Waals surface area contributed by atoms with Crippen molar-refractivity contribution in [1.29, 1.82) is 0 Å².